The zero-order chi connectivity index (χ0) is 25.8. The van der Waals surface area contributed by atoms with Gasteiger partial charge in [-0.2, -0.15) is 5.10 Å². The van der Waals surface area contributed by atoms with E-state index in [9.17, 15) is 9.59 Å². The molecule has 2 fully saturated rings. The summed E-state index contributed by atoms with van der Waals surface area (Å²) in [6, 6.07) is 7.71. The fourth-order valence-electron chi connectivity index (χ4n) is 5.83. The first-order valence-corrected chi connectivity index (χ1v) is 14.0. The Morgan fingerprint density at radius 3 is 2.78 bits per heavy atom. The second-order valence-corrected chi connectivity index (χ2v) is 11.0. The Hall–Kier alpha value is -2.58. The van der Waals surface area contributed by atoms with Crippen LogP contribution < -0.4 is 4.74 Å². The van der Waals surface area contributed by atoms with E-state index in [0.717, 1.165) is 57.2 Å². The Morgan fingerprint density at radius 2 is 2.00 bits per heavy atom. The number of hydrogen-bond donors (Lipinski definition) is 0. The zero-order valence-corrected chi connectivity index (χ0v) is 22.4. The maximum Gasteiger partial charge on any atom is 0.275 e. The highest BCUT2D eigenvalue weighted by Crippen LogP contribution is 2.38. The van der Waals surface area contributed by atoms with Crippen LogP contribution >= 0.6 is 11.6 Å². The third-order valence-corrected chi connectivity index (χ3v) is 8.45. The lowest BCUT2D eigenvalue weighted by atomic mass is 9.75. The van der Waals surface area contributed by atoms with Crippen LogP contribution in [0.25, 0.3) is 0 Å². The standard InChI is InChI=1S/C28H37ClN4O4/c1-2-32-18-24(29)25(30-32)27(35)31-14-11-28(12-15-31)10-3-4-16-36-19-22-8-6-13-33(22)26(34)21-7-5-9-23(17-21)37-20-28/h5,7,9,17-18,22H,2-4,6,8,10-16,19-20H2,1H3/t22-/m0/s1. The van der Waals surface area contributed by atoms with Gasteiger partial charge in [-0.15, -0.1) is 0 Å². The fourth-order valence-corrected chi connectivity index (χ4v) is 6.06. The predicted molar refractivity (Wildman–Crippen MR) is 141 cm³/mol. The molecular formula is C28H37ClN4O4. The van der Waals surface area contributed by atoms with E-state index in [4.69, 9.17) is 21.1 Å². The summed E-state index contributed by atoms with van der Waals surface area (Å²) in [7, 11) is 0. The maximum atomic E-state index is 13.2. The minimum Gasteiger partial charge on any atom is -0.493 e. The average Bonchev–Trinajstić information content (AvgIpc) is 3.55. The highest BCUT2D eigenvalue weighted by Gasteiger charge is 2.38. The minimum absolute atomic E-state index is 0.0381. The van der Waals surface area contributed by atoms with Gasteiger partial charge in [0.2, 0.25) is 0 Å². The Bertz CT molecular complexity index is 1110. The molecule has 37 heavy (non-hydrogen) atoms. The molecule has 4 heterocycles. The van der Waals surface area contributed by atoms with Gasteiger partial charge in [0.05, 0.1) is 24.3 Å². The van der Waals surface area contributed by atoms with Gasteiger partial charge in [-0.05, 0) is 63.6 Å². The van der Waals surface area contributed by atoms with Crippen molar-refractivity contribution in [3.8, 4) is 5.75 Å². The van der Waals surface area contributed by atoms with Gasteiger partial charge in [-0.3, -0.25) is 14.3 Å². The summed E-state index contributed by atoms with van der Waals surface area (Å²) in [6.45, 7) is 6.56. The first-order valence-electron chi connectivity index (χ1n) is 13.6. The van der Waals surface area contributed by atoms with Crippen molar-refractivity contribution in [2.75, 3.05) is 39.5 Å². The Balaban J connectivity index is 1.29. The van der Waals surface area contributed by atoms with E-state index in [-0.39, 0.29) is 23.3 Å². The van der Waals surface area contributed by atoms with Crippen molar-refractivity contribution in [2.24, 2.45) is 5.41 Å². The largest absolute Gasteiger partial charge is 0.493 e. The Morgan fingerprint density at radius 1 is 1.16 bits per heavy atom. The number of fused-ring (bicyclic) bond motifs is 3. The van der Waals surface area contributed by atoms with Crippen molar-refractivity contribution in [1.82, 2.24) is 19.6 Å². The number of ether oxygens (including phenoxy) is 2. The molecule has 8 nitrogen and oxygen atoms in total. The molecule has 0 aliphatic carbocycles. The summed E-state index contributed by atoms with van der Waals surface area (Å²) in [5.41, 5.74) is 0.956. The number of piperidine rings is 1. The molecule has 0 radical (unpaired) electrons. The van der Waals surface area contributed by atoms with Crippen LogP contribution in [-0.2, 0) is 11.3 Å². The number of aromatic nitrogens is 2. The molecule has 0 unspecified atom stereocenters. The summed E-state index contributed by atoms with van der Waals surface area (Å²) in [6.07, 6.45) is 8.44. The Labute approximate surface area is 223 Å². The number of carbonyl (C=O) groups excluding carboxylic acids is 2. The second-order valence-electron chi connectivity index (χ2n) is 10.6. The molecule has 1 aromatic heterocycles. The lowest BCUT2D eigenvalue weighted by Crippen LogP contribution is -2.45. The third kappa shape index (κ3) is 5.80. The van der Waals surface area contributed by atoms with Crippen molar-refractivity contribution in [3.05, 3.63) is 46.7 Å². The minimum atomic E-state index is -0.106. The van der Waals surface area contributed by atoms with E-state index in [1.165, 1.54) is 0 Å². The summed E-state index contributed by atoms with van der Waals surface area (Å²) in [4.78, 5) is 30.2. The van der Waals surface area contributed by atoms with Crippen molar-refractivity contribution in [3.63, 3.8) is 0 Å². The number of amides is 2. The van der Waals surface area contributed by atoms with Gasteiger partial charge in [-0.1, -0.05) is 24.1 Å². The number of benzene rings is 1. The lowest BCUT2D eigenvalue weighted by Gasteiger charge is -2.41. The number of rotatable bonds is 2. The number of halogens is 1. The van der Waals surface area contributed by atoms with Gasteiger partial charge in [0.25, 0.3) is 11.8 Å². The number of carbonyl (C=O) groups is 2. The summed E-state index contributed by atoms with van der Waals surface area (Å²) < 4.78 is 14.1. The lowest BCUT2D eigenvalue weighted by molar-refractivity contribution is 0.0329. The van der Waals surface area contributed by atoms with E-state index in [1.54, 1.807) is 10.9 Å². The highest BCUT2D eigenvalue weighted by molar-refractivity contribution is 6.33. The average molecular weight is 529 g/mol. The second kappa shape index (κ2) is 11.4. The van der Waals surface area contributed by atoms with Crippen LogP contribution in [0.4, 0.5) is 0 Å². The van der Waals surface area contributed by atoms with E-state index in [0.29, 0.717) is 55.7 Å². The molecule has 0 saturated carbocycles. The molecule has 2 bridgehead atoms. The quantitative estimate of drug-likeness (QED) is 0.566. The summed E-state index contributed by atoms with van der Waals surface area (Å²) >= 11 is 6.30. The third-order valence-electron chi connectivity index (χ3n) is 8.17. The SMILES string of the molecule is CCn1cc(Cl)c(C(=O)N2CCC3(CCCCOC[C@@H]4CCCN4C(=O)c4cccc(c4)OC3)CC2)n1. The Kier molecular flexibility index (Phi) is 8.05. The smallest absolute Gasteiger partial charge is 0.275 e. The monoisotopic (exact) mass is 528 g/mol. The first kappa shape index (κ1) is 26.0. The molecule has 1 aromatic carbocycles. The van der Waals surface area contributed by atoms with Gasteiger partial charge in [0, 0.05) is 50.0 Å². The van der Waals surface area contributed by atoms with Crippen LogP contribution in [-0.4, -0.2) is 76.9 Å². The van der Waals surface area contributed by atoms with Crippen LogP contribution in [0.3, 0.4) is 0 Å². The van der Waals surface area contributed by atoms with Crippen LogP contribution in [0.1, 0.15) is 72.7 Å². The molecule has 200 valence electrons. The maximum absolute atomic E-state index is 13.2. The summed E-state index contributed by atoms with van der Waals surface area (Å²) in [5, 5.41) is 4.77. The number of likely N-dealkylation sites (tertiary alicyclic amines) is 1. The number of aryl methyl sites for hydroxylation is 1. The fraction of sp³-hybridized carbons (Fsp3) is 0.607. The first-order chi connectivity index (χ1) is 18.0. The van der Waals surface area contributed by atoms with Gasteiger partial charge < -0.3 is 19.3 Å². The van der Waals surface area contributed by atoms with Crippen LogP contribution in [0, 0.1) is 5.41 Å². The van der Waals surface area contributed by atoms with Gasteiger partial charge >= 0.3 is 0 Å². The number of nitrogens with zero attached hydrogens (tertiary/aromatic N) is 4. The van der Waals surface area contributed by atoms with Crippen LogP contribution in [0.5, 0.6) is 5.75 Å². The van der Waals surface area contributed by atoms with Crippen LogP contribution in [0.2, 0.25) is 5.02 Å². The molecule has 1 spiro atoms. The molecule has 0 N–H and O–H groups in total. The van der Waals surface area contributed by atoms with Crippen molar-refractivity contribution in [1.29, 1.82) is 0 Å². The molecular weight excluding hydrogens is 492 g/mol. The van der Waals surface area contributed by atoms with Crippen molar-refractivity contribution in [2.45, 2.75) is 64.5 Å². The zero-order valence-electron chi connectivity index (χ0n) is 21.7. The molecule has 3 aliphatic rings. The predicted octanol–water partition coefficient (Wildman–Crippen LogP) is 4.66. The van der Waals surface area contributed by atoms with Gasteiger partial charge in [-0.25, -0.2) is 0 Å². The molecule has 2 amide bonds. The molecule has 9 heteroatoms. The van der Waals surface area contributed by atoms with Crippen LogP contribution in [0.15, 0.2) is 30.5 Å². The summed E-state index contributed by atoms with van der Waals surface area (Å²) in [5.74, 6) is 0.671. The van der Waals surface area contributed by atoms with Gasteiger partial charge in [0.1, 0.15) is 5.75 Å². The van der Waals surface area contributed by atoms with E-state index >= 15 is 0 Å². The van der Waals surface area contributed by atoms with E-state index in [1.807, 2.05) is 41.0 Å². The normalized spacial score (nSPS) is 22.8. The number of hydrogen-bond acceptors (Lipinski definition) is 5. The van der Waals surface area contributed by atoms with Gasteiger partial charge in [0.15, 0.2) is 5.69 Å². The van der Waals surface area contributed by atoms with Crippen molar-refractivity contribution < 1.29 is 19.1 Å². The molecule has 1 atom stereocenters. The highest BCUT2D eigenvalue weighted by atomic mass is 35.5. The van der Waals surface area contributed by atoms with E-state index < -0.39 is 0 Å². The molecule has 5 rings (SSSR count). The van der Waals surface area contributed by atoms with E-state index in [2.05, 4.69) is 5.10 Å². The molecule has 2 aromatic rings. The molecule has 2 saturated heterocycles. The molecule has 3 aliphatic heterocycles. The topological polar surface area (TPSA) is 76.9 Å². The van der Waals surface area contributed by atoms with Crippen molar-refractivity contribution >= 4 is 23.4 Å².